The fourth-order valence-electron chi connectivity index (χ4n) is 0.997. The molecule has 0 spiro atoms. The second-order valence-corrected chi connectivity index (χ2v) is 3.59. The minimum absolute atomic E-state index is 0. The Kier molecular flexibility index (Phi) is 21.7. The fourth-order valence-corrected chi connectivity index (χ4v) is 0.997. The Morgan fingerprint density at radius 3 is 1.88 bits per heavy atom. The van der Waals surface area contributed by atoms with E-state index < -0.39 is 12.1 Å². The molecular formula is C11H23NaO5. The van der Waals surface area contributed by atoms with Crippen LogP contribution in [0, 0.1) is 5.92 Å². The van der Waals surface area contributed by atoms with Crippen LogP contribution >= 0.6 is 0 Å². The Morgan fingerprint density at radius 2 is 1.71 bits per heavy atom. The van der Waals surface area contributed by atoms with Crippen molar-refractivity contribution in [3.63, 3.8) is 0 Å². The molecule has 6 heteroatoms. The van der Waals surface area contributed by atoms with Gasteiger partial charge in [0.15, 0.2) is 0 Å². The van der Waals surface area contributed by atoms with E-state index in [0.29, 0.717) is 6.42 Å². The second kappa shape index (κ2) is 16.4. The van der Waals surface area contributed by atoms with E-state index in [4.69, 9.17) is 15.3 Å². The number of rotatable bonds is 7. The van der Waals surface area contributed by atoms with Crippen LogP contribution in [0.1, 0.15) is 39.5 Å². The normalized spacial score (nSPS) is 11.2. The molecule has 0 aliphatic carbocycles. The van der Waals surface area contributed by atoms with Crippen LogP contribution in [0.15, 0.2) is 0 Å². The molecule has 0 aliphatic heterocycles. The summed E-state index contributed by atoms with van der Waals surface area (Å²) < 4.78 is 0. The van der Waals surface area contributed by atoms with Crippen molar-refractivity contribution in [1.29, 1.82) is 0 Å². The number of hydrogen-bond acceptors (Lipinski definition) is 5. The molecule has 98 valence electrons. The maximum Gasteiger partial charge on any atom is 1.00 e. The van der Waals surface area contributed by atoms with Gasteiger partial charge in [-0.2, -0.15) is 0 Å². The van der Waals surface area contributed by atoms with Crippen molar-refractivity contribution < 1.29 is 54.8 Å². The Hall–Kier alpha value is 0.350. The molecular weight excluding hydrogens is 235 g/mol. The first-order valence-corrected chi connectivity index (χ1v) is 5.63. The standard InChI is InChI=1S/C8H16O2.C3H8O3.Na/c1-3-5-6-7(4-2)8(9)10;4-1-3(6)2-5;/h7H,3-6H2,1-2H3,(H,9,10);3-6H,1-2H2;/q;;+1/p-1. The topological polar surface area (TPSA) is 101 Å². The van der Waals surface area contributed by atoms with E-state index in [2.05, 4.69) is 6.92 Å². The van der Waals surface area contributed by atoms with Gasteiger partial charge in [-0.1, -0.05) is 26.7 Å². The van der Waals surface area contributed by atoms with Crippen molar-refractivity contribution in [2.24, 2.45) is 5.92 Å². The SMILES string of the molecule is CCCCC(CC)C(=O)[O-].OCC(O)CO.[Na+]. The van der Waals surface area contributed by atoms with Gasteiger partial charge >= 0.3 is 29.6 Å². The molecule has 3 N–H and O–H groups in total. The minimum Gasteiger partial charge on any atom is -0.550 e. The van der Waals surface area contributed by atoms with Crippen LogP contribution in [0.2, 0.25) is 0 Å². The fraction of sp³-hybridized carbons (Fsp3) is 0.909. The van der Waals surface area contributed by atoms with Crippen molar-refractivity contribution in [3.05, 3.63) is 0 Å². The van der Waals surface area contributed by atoms with E-state index in [-0.39, 0.29) is 48.7 Å². The molecule has 0 saturated carbocycles. The first-order valence-electron chi connectivity index (χ1n) is 5.63. The molecule has 0 bridgehead atoms. The third kappa shape index (κ3) is 16.4. The van der Waals surface area contributed by atoms with Gasteiger partial charge < -0.3 is 25.2 Å². The van der Waals surface area contributed by atoms with Gasteiger partial charge in [0.2, 0.25) is 0 Å². The minimum atomic E-state index is -0.954. The number of aliphatic carboxylic acids is 1. The summed E-state index contributed by atoms with van der Waals surface area (Å²) >= 11 is 0. The number of carbonyl (C=O) groups is 1. The van der Waals surface area contributed by atoms with Crippen LogP contribution < -0.4 is 34.7 Å². The van der Waals surface area contributed by atoms with E-state index in [1.165, 1.54) is 0 Å². The van der Waals surface area contributed by atoms with Crippen molar-refractivity contribution in [2.75, 3.05) is 13.2 Å². The summed E-state index contributed by atoms with van der Waals surface area (Å²) in [5, 5.41) is 34.3. The number of carboxylic acid groups (broad SMARTS) is 1. The van der Waals surface area contributed by atoms with E-state index in [1.807, 2.05) is 6.92 Å². The van der Waals surface area contributed by atoms with Crippen LogP contribution in [-0.2, 0) is 4.79 Å². The van der Waals surface area contributed by atoms with Gasteiger partial charge in [-0.15, -0.1) is 0 Å². The maximum absolute atomic E-state index is 10.3. The maximum atomic E-state index is 10.3. The molecule has 0 radical (unpaired) electrons. The molecule has 0 amide bonds. The van der Waals surface area contributed by atoms with Gasteiger partial charge in [0.25, 0.3) is 0 Å². The second-order valence-electron chi connectivity index (χ2n) is 3.59. The van der Waals surface area contributed by atoms with Crippen LogP contribution in [0.5, 0.6) is 0 Å². The third-order valence-corrected chi connectivity index (χ3v) is 2.15. The van der Waals surface area contributed by atoms with Gasteiger partial charge in [-0.3, -0.25) is 0 Å². The molecule has 0 aromatic rings. The quantitative estimate of drug-likeness (QED) is 0.408. The molecule has 0 aromatic carbocycles. The Balaban J connectivity index is -0.000000244. The van der Waals surface area contributed by atoms with Crippen LogP contribution in [0.3, 0.4) is 0 Å². The summed E-state index contributed by atoms with van der Waals surface area (Å²) in [5.74, 6) is -1.11. The molecule has 1 unspecified atom stereocenters. The molecule has 0 heterocycles. The zero-order valence-electron chi connectivity index (χ0n) is 11.1. The van der Waals surface area contributed by atoms with Crippen molar-refractivity contribution in [3.8, 4) is 0 Å². The first-order chi connectivity index (χ1) is 7.53. The predicted molar refractivity (Wildman–Crippen MR) is 58.5 cm³/mol. The average Bonchev–Trinajstić information content (AvgIpc) is 2.29. The summed E-state index contributed by atoms with van der Waals surface area (Å²) in [6.45, 7) is 3.21. The van der Waals surface area contributed by atoms with E-state index in [0.717, 1.165) is 19.3 Å². The van der Waals surface area contributed by atoms with Gasteiger partial charge in [0, 0.05) is 5.97 Å². The van der Waals surface area contributed by atoms with Crippen molar-refractivity contribution in [2.45, 2.75) is 45.6 Å². The summed E-state index contributed by atoms with van der Waals surface area (Å²) in [6, 6.07) is 0. The number of hydrogen-bond donors (Lipinski definition) is 3. The van der Waals surface area contributed by atoms with Gasteiger partial charge in [-0.05, 0) is 18.8 Å². The molecule has 5 nitrogen and oxygen atoms in total. The van der Waals surface area contributed by atoms with E-state index in [1.54, 1.807) is 0 Å². The van der Waals surface area contributed by atoms with E-state index >= 15 is 0 Å². The van der Waals surface area contributed by atoms with Gasteiger partial charge in [-0.25, -0.2) is 0 Å². The molecule has 0 aromatic heterocycles. The average molecular weight is 258 g/mol. The van der Waals surface area contributed by atoms with Crippen molar-refractivity contribution in [1.82, 2.24) is 0 Å². The number of carbonyl (C=O) groups excluding carboxylic acids is 1. The monoisotopic (exact) mass is 258 g/mol. The molecule has 17 heavy (non-hydrogen) atoms. The Labute approximate surface area is 125 Å². The molecule has 1 atom stereocenters. The zero-order valence-corrected chi connectivity index (χ0v) is 13.1. The number of aliphatic hydroxyl groups excluding tert-OH is 3. The summed E-state index contributed by atoms with van der Waals surface area (Å²) in [4.78, 5) is 10.3. The number of carboxylic acids is 1. The summed E-state index contributed by atoms with van der Waals surface area (Å²) in [7, 11) is 0. The number of unbranched alkanes of at least 4 members (excludes halogenated alkanes) is 1. The van der Waals surface area contributed by atoms with E-state index in [9.17, 15) is 9.90 Å². The molecule has 0 saturated heterocycles. The van der Waals surface area contributed by atoms with Crippen LogP contribution in [0.25, 0.3) is 0 Å². The zero-order chi connectivity index (χ0) is 13.0. The molecule has 0 fully saturated rings. The number of aliphatic hydroxyl groups is 3. The van der Waals surface area contributed by atoms with Gasteiger partial charge in [0.05, 0.1) is 13.2 Å². The van der Waals surface area contributed by atoms with Crippen LogP contribution in [-0.4, -0.2) is 40.6 Å². The van der Waals surface area contributed by atoms with Crippen molar-refractivity contribution >= 4 is 5.97 Å². The smallest absolute Gasteiger partial charge is 0.550 e. The summed E-state index contributed by atoms with van der Waals surface area (Å²) in [5.41, 5.74) is 0. The first kappa shape index (κ1) is 22.5. The molecule has 0 rings (SSSR count). The largest absolute Gasteiger partial charge is 1.00 e. The van der Waals surface area contributed by atoms with Crippen LogP contribution in [0.4, 0.5) is 0 Å². The Bertz CT molecular complexity index is 162. The third-order valence-electron chi connectivity index (χ3n) is 2.15. The predicted octanol–water partition coefficient (Wildman–Crippen LogP) is -3.71. The Morgan fingerprint density at radius 1 is 1.24 bits per heavy atom. The van der Waals surface area contributed by atoms with Gasteiger partial charge in [0.1, 0.15) is 6.10 Å². The molecule has 0 aliphatic rings. The summed E-state index contributed by atoms with van der Waals surface area (Å²) in [6.07, 6.45) is 2.57.